The van der Waals surface area contributed by atoms with Crippen molar-refractivity contribution in [2.75, 3.05) is 19.8 Å². The van der Waals surface area contributed by atoms with Gasteiger partial charge >= 0.3 is 29.8 Å². The average molecular weight is 651 g/mol. The number of aliphatic hydroxyl groups is 1. The molecule has 10 atom stereocenters. The van der Waals surface area contributed by atoms with E-state index < -0.39 is 88.8 Å². The highest BCUT2D eigenvalue weighted by Crippen LogP contribution is 2.62. The second-order valence-electron chi connectivity index (χ2n) is 13.3. The average Bonchev–Trinajstić information content (AvgIpc) is 3.70. The summed E-state index contributed by atoms with van der Waals surface area (Å²) >= 11 is 0. The fourth-order valence-electron chi connectivity index (χ4n) is 7.30. The Hall–Kier alpha value is -3.29. The van der Waals surface area contributed by atoms with Crippen LogP contribution in [-0.4, -0.2) is 96.5 Å². The van der Waals surface area contributed by atoms with Gasteiger partial charge in [-0.15, -0.1) is 0 Å². The van der Waals surface area contributed by atoms with E-state index in [0.29, 0.717) is 12.2 Å². The third-order valence-electron chi connectivity index (χ3n) is 9.52. The van der Waals surface area contributed by atoms with Crippen LogP contribution in [0.25, 0.3) is 0 Å². The number of carbonyl (C=O) groups excluding carboxylic acids is 5. The molecule has 4 aliphatic rings. The molecule has 2 heterocycles. The summed E-state index contributed by atoms with van der Waals surface area (Å²) in [6.45, 7) is 12.7. The Bertz CT molecular complexity index is 1280. The minimum atomic E-state index is -2.21. The second-order valence-corrected chi connectivity index (χ2v) is 13.3. The van der Waals surface area contributed by atoms with E-state index in [1.807, 2.05) is 13.8 Å². The van der Waals surface area contributed by atoms with Crippen molar-refractivity contribution in [1.29, 1.82) is 0 Å². The highest BCUT2D eigenvalue weighted by molar-refractivity contribution is 5.78. The maximum Gasteiger partial charge on any atom is 0.312 e. The number of ether oxygens (including phenoxy) is 7. The van der Waals surface area contributed by atoms with Gasteiger partial charge in [0.25, 0.3) is 0 Å². The molecular formula is C33H46O13. The lowest BCUT2D eigenvalue weighted by atomic mass is 9.52. The SMILES string of the molecule is CCOCC1=C/[C@@H]2OC(=O)[C@H](C)[C@@]2(O)[C@@H](OC(C)=O)[C@H]2[C@@]3(CO3)[C@H](OC(C)=O)C[C@H](OC(=O)CC(C)C)[C@]2(C)[C@@H](OC(C)=O)/C=C\1. The number of esters is 5. The molecule has 3 fully saturated rings. The van der Waals surface area contributed by atoms with Crippen LogP contribution in [0.3, 0.4) is 0 Å². The lowest BCUT2D eigenvalue weighted by molar-refractivity contribution is -0.252. The van der Waals surface area contributed by atoms with Gasteiger partial charge in [-0.2, -0.15) is 0 Å². The quantitative estimate of drug-likeness (QED) is 0.219. The molecule has 0 radical (unpaired) electrons. The first-order valence-corrected chi connectivity index (χ1v) is 15.7. The maximum atomic E-state index is 13.3. The third-order valence-corrected chi connectivity index (χ3v) is 9.52. The minimum absolute atomic E-state index is 0.00148. The first kappa shape index (κ1) is 35.6. The molecule has 4 rings (SSSR count). The zero-order chi connectivity index (χ0) is 34.2. The molecular weight excluding hydrogens is 604 g/mol. The normalized spacial score (nSPS) is 40.0. The van der Waals surface area contributed by atoms with Crippen LogP contribution in [0.1, 0.15) is 68.2 Å². The molecule has 13 nitrogen and oxygen atoms in total. The van der Waals surface area contributed by atoms with Crippen molar-refractivity contribution in [3.05, 3.63) is 23.8 Å². The van der Waals surface area contributed by atoms with Crippen LogP contribution in [0.5, 0.6) is 0 Å². The van der Waals surface area contributed by atoms with Crippen molar-refractivity contribution in [2.45, 2.75) is 110 Å². The van der Waals surface area contributed by atoms with E-state index in [0.717, 1.165) is 6.92 Å². The van der Waals surface area contributed by atoms with Crippen molar-refractivity contribution >= 4 is 29.8 Å². The lowest BCUT2D eigenvalue weighted by Gasteiger charge is -2.57. The number of epoxide rings is 1. The molecule has 46 heavy (non-hydrogen) atoms. The second kappa shape index (κ2) is 13.4. The van der Waals surface area contributed by atoms with Crippen LogP contribution in [0.2, 0.25) is 0 Å². The molecule has 1 spiro atoms. The summed E-state index contributed by atoms with van der Waals surface area (Å²) < 4.78 is 41.4. The van der Waals surface area contributed by atoms with Crippen LogP contribution >= 0.6 is 0 Å². The Morgan fingerprint density at radius 3 is 2.20 bits per heavy atom. The zero-order valence-corrected chi connectivity index (χ0v) is 27.7. The Balaban J connectivity index is 2.07. The van der Waals surface area contributed by atoms with Gasteiger partial charge in [-0.25, -0.2) is 0 Å². The van der Waals surface area contributed by atoms with Crippen molar-refractivity contribution in [2.24, 2.45) is 23.2 Å². The molecule has 2 aliphatic carbocycles. The van der Waals surface area contributed by atoms with Gasteiger partial charge in [0.1, 0.15) is 30.0 Å². The fraction of sp³-hybridized carbons (Fsp3) is 0.727. The Morgan fingerprint density at radius 2 is 1.65 bits per heavy atom. The first-order chi connectivity index (χ1) is 21.5. The molecule has 0 aromatic heterocycles. The van der Waals surface area contributed by atoms with Crippen molar-refractivity contribution in [3.63, 3.8) is 0 Å². The number of fused-ring (bicyclic) bond motifs is 3. The standard InChI is InChI=1S/C33H46O13/c1-9-40-15-22-10-11-23(42-19(5)34)31(8)24(45-27(37)12-17(2)3)14-25(43-20(6)35)32(16-41-32)28(31)29(44-21(7)36)33(39)18(4)30(38)46-26(33)13-22/h10-11,13,17-18,23-26,28-29,39H,9,12,14-16H2,1-8H3/b11-10-,22-13+/t18-,23-,24-,25+,26-,28+,29-,31-,32+,33-/m0/s1. The van der Waals surface area contributed by atoms with Crippen LogP contribution < -0.4 is 0 Å². The molecule has 2 aliphatic heterocycles. The summed E-state index contributed by atoms with van der Waals surface area (Å²) in [4.78, 5) is 64.5. The summed E-state index contributed by atoms with van der Waals surface area (Å²) in [6.07, 6.45) is -1.43. The van der Waals surface area contributed by atoms with Gasteiger partial charge in [0.15, 0.2) is 11.7 Å². The molecule has 0 aromatic carbocycles. The molecule has 0 amide bonds. The smallest absolute Gasteiger partial charge is 0.312 e. The largest absolute Gasteiger partial charge is 0.461 e. The zero-order valence-electron chi connectivity index (χ0n) is 27.7. The third kappa shape index (κ3) is 6.59. The molecule has 13 heteroatoms. The molecule has 0 bridgehead atoms. The summed E-state index contributed by atoms with van der Waals surface area (Å²) in [5.74, 6) is -5.84. The molecule has 2 saturated heterocycles. The highest BCUT2D eigenvalue weighted by atomic mass is 16.6. The number of carbonyl (C=O) groups is 5. The topological polar surface area (TPSA) is 173 Å². The summed E-state index contributed by atoms with van der Waals surface area (Å²) in [6, 6.07) is 0. The summed E-state index contributed by atoms with van der Waals surface area (Å²) in [5, 5.41) is 12.7. The Kier molecular flexibility index (Phi) is 10.4. The van der Waals surface area contributed by atoms with E-state index >= 15 is 0 Å². The van der Waals surface area contributed by atoms with Gasteiger partial charge < -0.3 is 38.3 Å². The van der Waals surface area contributed by atoms with Crippen molar-refractivity contribution in [1.82, 2.24) is 0 Å². The van der Waals surface area contributed by atoms with E-state index in [-0.39, 0.29) is 32.0 Å². The van der Waals surface area contributed by atoms with Gasteiger partial charge in [0, 0.05) is 46.1 Å². The minimum Gasteiger partial charge on any atom is -0.461 e. The van der Waals surface area contributed by atoms with Crippen LogP contribution in [0.15, 0.2) is 23.8 Å². The number of hydrogen-bond donors (Lipinski definition) is 1. The van der Waals surface area contributed by atoms with Gasteiger partial charge in [-0.1, -0.05) is 26.8 Å². The maximum absolute atomic E-state index is 13.3. The van der Waals surface area contributed by atoms with E-state index in [4.69, 9.17) is 33.2 Å². The molecule has 1 N–H and O–H groups in total. The highest BCUT2D eigenvalue weighted by Gasteiger charge is 2.78. The summed E-state index contributed by atoms with van der Waals surface area (Å²) in [5.41, 5.74) is -4.62. The van der Waals surface area contributed by atoms with Crippen LogP contribution in [0, 0.1) is 23.2 Å². The van der Waals surface area contributed by atoms with Gasteiger partial charge in [-0.3, -0.25) is 24.0 Å². The Labute approximate surface area is 268 Å². The lowest BCUT2D eigenvalue weighted by Crippen LogP contribution is -2.71. The van der Waals surface area contributed by atoms with Crippen molar-refractivity contribution < 1.29 is 62.2 Å². The van der Waals surface area contributed by atoms with E-state index in [1.165, 1.54) is 26.8 Å². The van der Waals surface area contributed by atoms with E-state index in [2.05, 4.69) is 0 Å². The van der Waals surface area contributed by atoms with Gasteiger partial charge in [0.2, 0.25) is 0 Å². The van der Waals surface area contributed by atoms with Crippen LogP contribution in [0.4, 0.5) is 0 Å². The fourth-order valence-corrected chi connectivity index (χ4v) is 7.30. The van der Waals surface area contributed by atoms with Gasteiger partial charge in [0.05, 0.1) is 24.5 Å². The first-order valence-electron chi connectivity index (χ1n) is 15.7. The predicted molar refractivity (Wildman–Crippen MR) is 159 cm³/mol. The van der Waals surface area contributed by atoms with Gasteiger partial charge in [-0.05, 0) is 37.5 Å². The molecule has 1 saturated carbocycles. The van der Waals surface area contributed by atoms with Crippen LogP contribution in [-0.2, 0) is 57.1 Å². The summed E-state index contributed by atoms with van der Waals surface area (Å²) in [7, 11) is 0. The predicted octanol–water partition coefficient (Wildman–Crippen LogP) is 2.36. The van der Waals surface area contributed by atoms with Crippen molar-refractivity contribution in [3.8, 4) is 0 Å². The van der Waals surface area contributed by atoms with E-state index in [1.54, 1.807) is 26.0 Å². The Morgan fingerprint density at radius 1 is 1.02 bits per heavy atom. The number of hydrogen-bond acceptors (Lipinski definition) is 13. The molecule has 0 unspecified atom stereocenters. The molecule has 0 aromatic rings. The van der Waals surface area contributed by atoms with E-state index in [9.17, 15) is 29.1 Å². The monoisotopic (exact) mass is 650 g/mol. The molecule has 256 valence electrons. The number of rotatable bonds is 9.